The maximum absolute atomic E-state index is 11.8. The molecule has 12 heteroatoms. The molecule has 0 aliphatic carbocycles. The highest BCUT2D eigenvalue weighted by Gasteiger charge is 2.27. The third-order valence-corrected chi connectivity index (χ3v) is 9.11. The van der Waals surface area contributed by atoms with Crippen LogP contribution >= 0.6 is 0 Å². The average Bonchev–Trinajstić information content (AvgIpc) is 4.02. The number of likely N-dealkylation sites (tertiary alicyclic amines) is 1. The molecule has 0 bridgehead atoms. The minimum atomic E-state index is -0.582. The maximum atomic E-state index is 11.8. The predicted octanol–water partition coefficient (Wildman–Crippen LogP) is 4.81. The van der Waals surface area contributed by atoms with Gasteiger partial charge in [0.25, 0.3) is 0 Å². The Labute approximate surface area is 305 Å². The second kappa shape index (κ2) is 20.6. The Kier molecular flexibility index (Phi) is 15.4. The summed E-state index contributed by atoms with van der Waals surface area (Å²) in [4.78, 5) is 33.7. The molecule has 2 N–H and O–H groups in total. The summed E-state index contributed by atoms with van der Waals surface area (Å²) in [6, 6.07) is 19.4. The van der Waals surface area contributed by atoms with Crippen molar-refractivity contribution in [2.45, 2.75) is 51.7 Å². The molecule has 0 spiro atoms. The van der Waals surface area contributed by atoms with Crippen LogP contribution in [0.5, 0.6) is 11.5 Å². The molecule has 2 aromatic carbocycles. The van der Waals surface area contributed by atoms with E-state index in [-0.39, 0.29) is 36.5 Å². The molecule has 3 aliphatic rings. The number of rotatable bonds is 12. The average molecular weight is 717 g/mol. The van der Waals surface area contributed by atoms with Gasteiger partial charge >= 0.3 is 11.9 Å². The molecule has 0 radical (unpaired) electrons. The first-order valence-electron chi connectivity index (χ1n) is 18.4. The van der Waals surface area contributed by atoms with Crippen molar-refractivity contribution in [2.75, 3.05) is 65.8 Å². The number of nitrogens with one attached hydrogen (secondary N) is 1. The Hall–Kier alpha value is -4.36. The van der Waals surface area contributed by atoms with Crippen LogP contribution in [0, 0.1) is 11.8 Å². The summed E-state index contributed by atoms with van der Waals surface area (Å²) in [5.41, 5.74) is 1.84. The van der Waals surface area contributed by atoms with Crippen LogP contribution in [0.4, 0.5) is 0 Å². The number of fused-ring (bicyclic) bond motifs is 2. The number of carbonyl (C=O) groups is 2. The van der Waals surface area contributed by atoms with Gasteiger partial charge in [-0.15, -0.1) is 0 Å². The lowest BCUT2D eigenvalue weighted by Gasteiger charge is -2.32. The number of ether oxygens (including phenoxy) is 5. The first-order valence-corrected chi connectivity index (χ1v) is 18.4. The summed E-state index contributed by atoms with van der Waals surface area (Å²) in [6.45, 7) is 10.3. The third kappa shape index (κ3) is 12.1. The molecule has 52 heavy (non-hydrogen) atoms. The van der Waals surface area contributed by atoms with Crippen LogP contribution in [0.3, 0.4) is 0 Å². The molecule has 12 nitrogen and oxygen atoms in total. The molecule has 7 rings (SSSR count). The van der Waals surface area contributed by atoms with Crippen LogP contribution in [0.15, 0.2) is 73.1 Å². The lowest BCUT2D eigenvalue weighted by atomic mass is 9.97. The molecule has 0 unspecified atom stereocenters. The van der Waals surface area contributed by atoms with E-state index >= 15 is 0 Å². The number of pyridine rings is 2. The van der Waals surface area contributed by atoms with Crippen molar-refractivity contribution >= 4 is 33.7 Å². The van der Waals surface area contributed by atoms with E-state index in [0.717, 1.165) is 91.8 Å². The van der Waals surface area contributed by atoms with Crippen LogP contribution in [0.25, 0.3) is 21.8 Å². The van der Waals surface area contributed by atoms with Crippen molar-refractivity contribution in [3.8, 4) is 11.5 Å². The normalized spacial score (nSPS) is 18.2. The van der Waals surface area contributed by atoms with Crippen molar-refractivity contribution in [3.63, 3.8) is 0 Å². The lowest BCUT2D eigenvalue weighted by Crippen LogP contribution is -2.42. The van der Waals surface area contributed by atoms with Crippen molar-refractivity contribution in [1.29, 1.82) is 0 Å². The lowest BCUT2D eigenvalue weighted by molar-refractivity contribution is -0.150. The minimum Gasteiger partial charge on any atom is -0.490 e. The fourth-order valence-corrected chi connectivity index (χ4v) is 6.21. The van der Waals surface area contributed by atoms with Gasteiger partial charge in [-0.05, 0) is 114 Å². The number of carbonyl (C=O) groups excluding carboxylic acids is 2. The van der Waals surface area contributed by atoms with Gasteiger partial charge < -0.3 is 39.0 Å². The first-order chi connectivity index (χ1) is 25.4. The summed E-state index contributed by atoms with van der Waals surface area (Å²) in [7, 11) is 0. The highest BCUT2D eigenvalue weighted by Crippen LogP contribution is 2.26. The summed E-state index contributed by atoms with van der Waals surface area (Å²) in [5.74, 6) is 1.64. The van der Waals surface area contributed by atoms with Crippen LogP contribution in [0.1, 0.15) is 39.5 Å². The Balaban J connectivity index is 0.000000168. The molecule has 3 saturated heterocycles. The van der Waals surface area contributed by atoms with E-state index in [1.807, 2.05) is 74.5 Å². The molecule has 3 aliphatic heterocycles. The second-order valence-corrected chi connectivity index (χ2v) is 13.0. The molecule has 5 heterocycles. The van der Waals surface area contributed by atoms with E-state index < -0.39 is 6.10 Å². The zero-order valence-electron chi connectivity index (χ0n) is 30.3. The molecule has 0 saturated carbocycles. The largest absolute Gasteiger partial charge is 0.490 e. The van der Waals surface area contributed by atoms with Crippen molar-refractivity contribution in [1.82, 2.24) is 20.2 Å². The molecule has 280 valence electrons. The number of piperidine rings is 2. The van der Waals surface area contributed by atoms with Gasteiger partial charge in [0.2, 0.25) is 0 Å². The van der Waals surface area contributed by atoms with Gasteiger partial charge in [0.05, 0.1) is 42.7 Å². The number of aliphatic hydroxyl groups excluding tert-OH is 1. The number of aromatic nitrogens is 2. The van der Waals surface area contributed by atoms with Crippen LogP contribution < -0.4 is 14.8 Å². The molecule has 2 aromatic heterocycles. The number of epoxide rings is 1. The number of nitrogens with zero attached hydrogens (tertiary/aromatic N) is 3. The highest BCUT2D eigenvalue weighted by atomic mass is 16.6. The SMILES string of the molecule is CCOC(=O)C1CCN(C[C@@H](O)COc2cccc3ncccc23)CC1.CCOC(=O)C1CCNCC1.c1cc(OC[C@H]2CO2)c2cccnc2c1. The Bertz CT molecular complexity index is 1680. The van der Waals surface area contributed by atoms with Crippen LogP contribution in [-0.4, -0.2) is 110 Å². The van der Waals surface area contributed by atoms with Crippen LogP contribution in [-0.2, 0) is 23.8 Å². The van der Waals surface area contributed by atoms with E-state index in [2.05, 4.69) is 20.2 Å². The minimum absolute atomic E-state index is 0.0113. The number of β-amino-alcohol motifs (C(OH)–C–C–N with tert-alkyl or cyclic N) is 1. The van der Waals surface area contributed by atoms with Gasteiger partial charge in [-0.1, -0.05) is 12.1 Å². The van der Waals surface area contributed by atoms with Gasteiger partial charge in [-0.25, -0.2) is 0 Å². The number of esters is 2. The van der Waals surface area contributed by atoms with E-state index in [4.69, 9.17) is 23.7 Å². The quantitative estimate of drug-likeness (QED) is 0.153. The standard InChI is InChI=1S/C20H26N2O4.C12H11NO2.C8H15NO2/c1-2-25-20(24)15-8-11-22(12-9-15)13-16(23)14-26-19-7-3-6-18-17(19)5-4-10-21-18;1-4-11-10(3-2-6-13-11)12(5-1)15-8-9-7-14-9;1-2-11-8(10)7-3-5-9-6-4-7/h3-7,10,15-16,23H,2,8-9,11-14H2,1H3;1-6,9H,7-8H2;7,9H,2-6H2,1H3/t16-;9-;/m11./s1. The predicted molar refractivity (Wildman–Crippen MR) is 198 cm³/mol. The summed E-state index contributed by atoms with van der Waals surface area (Å²) < 4.78 is 26.6. The second-order valence-electron chi connectivity index (χ2n) is 13.0. The van der Waals surface area contributed by atoms with E-state index in [0.29, 0.717) is 26.4 Å². The van der Waals surface area contributed by atoms with Crippen molar-refractivity contribution in [3.05, 3.63) is 73.1 Å². The molecular formula is C40H52N4O8. The maximum Gasteiger partial charge on any atom is 0.309 e. The molecule has 0 amide bonds. The first kappa shape index (κ1) is 38.9. The van der Waals surface area contributed by atoms with Gasteiger partial charge in [-0.2, -0.15) is 0 Å². The summed E-state index contributed by atoms with van der Waals surface area (Å²) >= 11 is 0. The number of hydrogen-bond donors (Lipinski definition) is 2. The fourth-order valence-electron chi connectivity index (χ4n) is 6.21. The van der Waals surface area contributed by atoms with Gasteiger partial charge in [0.15, 0.2) is 0 Å². The molecule has 4 aromatic rings. The van der Waals surface area contributed by atoms with Crippen molar-refractivity contribution < 1.29 is 38.4 Å². The molecule has 2 atom stereocenters. The highest BCUT2D eigenvalue weighted by molar-refractivity contribution is 5.85. The number of aliphatic hydroxyl groups is 1. The summed E-state index contributed by atoms with van der Waals surface area (Å²) in [5, 5.41) is 15.5. The Morgan fingerprint density at radius 2 is 1.35 bits per heavy atom. The monoisotopic (exact) mass is 716 g/mol. The zero-order valence-corrected chi connectivity index (χ0v) is 30.3. The number of benzene rings is 2. The van der Waals surface area contributed by atoms with Gasteiger partial charge in [-0.3, -0.25) is 19.6 Å². The smallest absolute Gasteiger partial charge is 0.309 e. The third-order valence-electron chi connectivity index (χ3n) is 9.11. The zero-order chi connectivity index (χ0) is 36.5. The van der Waals surface area contributed by atoms with E-state index in [1.165, 1.54) is 0 Å². The van der Waals surface area contributed by atoms with E-state index in [9.17, 15) is 14.7 Å². The Morgan fingerprint density at radius 1 is 0.808 bits per heavy atom. The number of hydrogen-bond acceptors (Lipinski definition) is 12. The van der Waals surface area contributed by atoms with Gasteiger partial charge in [0.1, 0.15) is 36.9 Å². The fraction of sp³-hybridized carbons (Fsp3) is 0.500. The van der Waals surface area contributed by atoms with E-state index in [1.54, 1.807) is 12.4 Å². The Morgan fingerprint density at radius 3 is 1.88 bits per heavy atom. The molecular weight excluding hydrogens is 664 g/mol. The topological polar surface area (TPSA) is 145 Å². The van der Waals surface area contributed by atoms with Gasteiger partial charge in [0, 0.05) is 29.7 Å². The van der Waals surface area contributed by atoms with Crippen molar-refractivity contribution in [2.24, 2.45) is 11.8 Å². The molecule has 3 fully saturated rings. The van der Waals surface area contributed by atoms with Crippen LogP contribution in [0.2, 0.25) is 0 Å². The summed E-state index contributed by atoms with van der Waals surface area (Å²) in [6.07, 6.45) is 6.66.